The molecule has 1 heterocycles. The van der Waals surface area contributed by atoms with E-state index in [1.54, 1.807) is 0 Å². The van der Waals surface area contributed by atoms with Crippen LogP contribution in [0.25, 0.3) is 0 Å². The van der Waals surface area contributed by atoms with Crippen LogP contribution in [0.3, 0.4) is 0 Å². The van der Waals surface area contributed by atoms with Gasteiger partial charge in [-0.2, -0.15) is 0 Å². The number of fused-ring (bicyclic) bond motifs is 1. The molecule has 2 aliphatic rings. The summed E-state index contributed by atoms with van der Waals surface area (Å²) in [6.07, 6.45) is 2.70. The van der Waals surface area contributed by atoms with Crippen LogP contribution < -0.4 is 4.74 Å². The highest BCUT2D eigenvalue weighted by Crippen LogP contribution is 2.62. The quantitative estimate of drug-likeness (QED) is 0.676. The van der Waals surface area contributed by atoms with E-state index in [1.807, 2.05) is 0 Å². The van der Waals surface area contributed by atoms with Gasteiger partial charge in [0, 0.05) is 5.41 Å². The zero-order chi connectivity index (χ0) is 10.5. The van der Waals surface area contributed by atoms with Gasteiger partial charge >= 0.3 is 0 Å². The predicted molar refractivity (Wildman–Crippen MR) is 61.2 cm³/mol. The molecule has 0 radical (unpaired) electrons. The van der Waals surface area contributed by atoms with Gasteiger partial charge < -0.3 is 4.74 Å². The highest BCUT2D eigenvalue weighted by Gasteiger charge is 2.54. The van der Waals surface area contributed by atoms with Crippen LogP contribution in [0.2, 0.25) is 0 Å². The minimum atomic E-state index is 0.489. The molecule has 1 aromatic carbocycles. The van der Waals surface area contributed by atoms with Crippen molar-refractivity contribution in [2.75, 3.05) is 6.61 Å². The van der Waals surface area contributed by atoms with Gasteiger partial charge in [-0.15, -0.1) is 0 Å². The molecule has 0 amide bonds. The van der Waals surface area contributed by atoms with Gasteiger partial charge in [0.05, 0.1) is 6.61 Å². The topological polar surface area (TPSA) is 9.23 Å². The molecule has 1 aromatic rings. The van der Waals surface area contributed by atoms with E-state index in [1.165, 1.54) is 18.4 Å². The van der Waals surface area contributed by atoms with Crippen LogP contribution in [0.1, 0.15) is 38.2 Å². The Morgan fingerprint density at radius 3 is 2.67 bits per heavy atom. The summed E-state index contributed by atoms with van der Waals surface area (Å²) in [7, 11) is 0. The van der Waals surface area contributed by atoms with Crippen LogP contribution >= 0.6 is 0 Å². The fourth-order valence-corrected chi connectivity index (χ4v) is 3.19. The maximum absolute atomic E-state index is 5.88. The molecule has 0 saturated heterocycles. The molecule has 15 heavy (non-hydrogen) atoms. The Hall–Kier alpha value is -0.980. The van der Waals surface area contributed by atoms with Gasteiger partial charge in [-0.3, -0.25) is 0 Å². The van der Waals surface area contributed by atoms with Gasteiger partial charge in [0.15, 0.2) is 0 Å². The lowest BCUT2D eigenvalue weighted by molar-refractivity contribution is 0.152. The third-order valence-corrected chi connectivity index (χ3v) is 3.99. The molecule has 0 bridgehead atoms. The molecule has 1 nitrogen and oxygen atoms in total. The Kier molecular flexibility index (Phi) is 1.86. The lowest BCUT2D eigenvalue weighted by Crippen LogP contribution is -2.30. The molecule has 1 fully saturated rings. The minimum Gasteiger partial charge on any atom is -0.493 e. The lowest BCUT2D eigenvalue weighted by Gasteiger charge is -2.36. The van der Waals surface area contributed by atoms with E-state index in [0.717, 1.165) is 18.3 Å². The minimum absolute atomic E-state index is 0.489. The first kappa shape index (κ1) is 9.26. The van der Waals surface area contributed by atoms with Crippen molar-refractivity contribution in [3.05, 3.63) is 29.8 Å². The maximum atomic E-state index is 5.88. The molecule has 1 spiro atoms. The summed E-state index contributed by atoms with van der Waals surface area (Å²) in [6.45, 7) is 5.62. The van der Waals surface area contributed by atoms with Gasteiger partial charge in [-0.25, -0.2) is 0 Å². The van der Waals surface area contributed by atoms with E-state index in [0.29, 0.717) is 11.3 Å². The molecule has 80 valence electrons. The normalized spacial score (nSPS) is 26.2. The van der Waals surface area contributed by atoms with Crippen molar-refractivity contribution in [2.45, 2.75) is 32.6 Å². The van der Waals surface area contributed by atoms with Crippen LogP contribution in [0.4, 0.5) is 0 Å². The van der Waals surface area contributed by atoms with Crippen LogP contribution in [0, 0.1) is 11.3 Å². The van der Waals surface area contributed by atoms with Crippen molar-refractivity contribution >= 4 is 0 Å². The number of para-hydroxylation sites is 1. The molecule has 1 aliphatic heterocycles. The molecule has 0 aromatic heterocycles. The standard InChI is InChI=1S/C14H18O/c1-10(2)13-11-5-3-4-6-12(11)15-9-14(13)7-8-14/h3-6,10,13H,7-9H2,1-2H3. The first-order valence-corrected chi connectivity index (χ1v) is 5.95. The fraction of sp³-hybridized carbons (Fsp3) is 0.571. The van der Waals surface area contributed by atoms with E-state index < -0.39 is 0 Å². The molecule has 1 saturated carbocycles. The number of hydrogen-bond donors (Lipinski definition) is 0. The molecule has 0 N–H and O–H groups in total. The third kappa shape index (κ3) is 1.29. The first-order valence-electron chi connectivity index (χ1n) is 5.95. The monoisotopic (exact) mass is 202 g/mol. The summed E-state index contributed by atoms with van der Waals surface area (Å²) in [5, 5.41) is 0. The smallest absolute Gasteiger partial charge is 0.122 e. The highest BCUT2D eigenvalue weighted by molar-refractivity contribution is 5.41. The van der Waals surface area contributed by atoms with Crippen LogP contribution in [-0.2, 0) is 0 Å². The van der Waals surface area contributed by atoms with Crippen molar-refractivity contribution < 1.29 is 4.74 Å². The van der Waals surface area contributed by atoms with E-state index in [4.69, 9.17) is 4.74 Å². The highest BCUT2D eigenvalue weighted by atomic mass is 16.5. The molecule has 1 atom stereocenters. The fourth-order valence-electron chi connectivity index (χ4n) is 3.19. The van der Waals surface area contributed by atoms with Crippen LogP contribution in [0.15, 0.2) is 24.3 Å². The second-order valence-corrected chi connectivity index (χ2v) is 5.41. The SMILES string of the molecule is CC(C)C1c2ccccc2OCC12CC2. The van der Waals surface area contributed by atoms with E-state index in [-0.39, 0.29) is 0 Å². The van der Waals surface area contributed by atoms with Crippen molar-refractivity contribution in [2.24, 2.45) is 11.3 Å². The summed E-state index contributed by atoms with van der Waals surface area (Å²) in [5.41, 5.74) is 1.93. The number of benzene rings is 1. The molecule has 1 unspecified atom stereocenters. The van der Waals surface area contributed by atoms with E-state index >= 15 is 0 Å². The first-order chi connectivity index (χ1) is 7.23. The molecular weight excluding hydrogens is 184 g/mol. The zero-order valence-electron chi connectivity index (χ0n) is 9.49. The van der Waals surface area contributed by atoms with E-state index in [2.05, 4.69) is 38.1 Å². The summed E-state index contributed by atoms with van der Waals surface area (Å²) in [4.78, 5) is 0. The van der Waals surface area contributed by atoms with E-state index in [9.17, 15) is 0 Å². The van der Waals surface area contributed by atoms with Gasteiger partial charge in [0.25, 0.3) is 0 Å². The Morgan fingerprint density at radius 1 is 1.27 bits per heavy atom. The van der Waals surface area contributed by atoms with Gasteiger partial charge in [-0.05, 0) is 36.3 Å². The number of hydrogen-bond acceptors (Lipinski definition) is 1. The molecule has 1 heteroatoms. The average Bonchev–Trinajstić information content (AvgIpc) is 2.98. The van der Waals surface area contributed by atoms with Gasteiger partial charge in [-0.1, -0.05) is 32.0 Å². The summed E-state index contributed by atoms with van der Waals surface area (Å²) in [6, 6.07) is 8.57. The number of ether oxygens (including phenoxy) is 1. The Labute approximate surface area is 91.5 Å². The molecular formula is C14H18O. The summed E-state index contributed by atoms with van der Waals surface area (Å²) in [5.74, 6) is 2.55. The summed E-state index contributed by atoms with van der Waals surface area (Å²) >= 11 is 0. The summed E-state index contributed by atoms with van der Waals surface area (Å²) < 4.78 is 5.88. The lowest BCUT2D eigenvalue weighted by atomic mass is 9.74. The number of rotatable bonds is 1. The van der Waals surface area contributed by atoms with Crippen molar-refractivity contribution in [1.29, 1.82) is 0 Å². The maximum Gasteiger partial charge on any atom is 0.122 e. The van der Waals surface area contributed by atoms with Crippen molar-refractivity contribution in [3.8, 4) is 5.75 Å². The average molecular weight is 202 g/mol. The molecule has 1 aliphatic carbocycles. The Morgan fingerprint density at radius 2 is 2.00 bits per heavy atom. The van der Waals surface area contributed by atoms with Gasteiger partial charge in [0.2, 0.25) is 0 Å². The Balaban J connectivity index is 2.08. The zero-order valence-corrected chi connectivity index (χ0v) is 9.49. The largest absolute Gasteiger partial charge is 0.493 e. The Bertz CT molecular complexity index is 377. The third-order valence-electron chi connectivity index (χ3n) is 3.99. The van der Waals surface area contributed by atoms with Crippen molar-refractivity contribution in [3.63, 3.8) is 0 Å². The predicted octanol–water partition coefficient (Wildman–Crippen LogP) is 3.60. The second-order valence-electron chi connectivity index (χ2n) is 5.41. The second kappa shape index (κ2) is 3.01. The van der Waals surface area contributed by atoms with Crippen LogP contribution in [-0.4, -0.2) is 6.61 Å². The van der Waals surface area contributed by atoms with Crippen molar-refractivity contribution in [1.82, 2.24) is 0 Å². The van der Waals surface area contributed by atoms with Gasteiger partial charge in [0.1, 0.15) is 5.75 Å². The van der Waals surface area contributed by atoms with Crippen LogP contribution in [0.5, 0.6) is 5.75 Å². The molecule has 3 rings (SSSR count).